The van der Waals surface area contributed by atoms with Gasteiger partial charge in [-0.15, -0.1) is 11.8 Å². The van der Waals surface area contributed by atoms with Gasteiger partial charge in [0.25, 0.3) is 5.56 Å². The third-order valence-corrected chi connectivity index (χ3v) is 4.54. The number of carbonyl (C=O) groups excluding carboxylic acids is 2. The first-order chi connectivity index (χ1) is 11.9. The molecule has 1 aromatic heterocycles. The van der Waals surface area contributed by atoms with Crippen LogP contribution in [0.5, 0.6) is 0 Å². The number of nitrogens with zero attached hydrogens (tertiary/aromatic N) is 3. The van der Waals surface area contributed by atoms with Gasteiger partial charge in [-0.1, -0.05) is 0 Å². The molecule has 0 aliphatic carbocycles. The number of hydrogen-bond donors (Lipinski definition) is 1. The average molecular weight is 366 g/mol. The number of aromatic nitrogens is 2. The van der Waals surface area contributed by atoms with Gasteiger partial charge in [0.1, 0.15) is 12.2 Å². The molecule has 1 aliphatic heterocycles. The lowest BCUT2D eigenvalue weighted by molar-refractivity contribution is -0.117. The summed E-state index contributed by atoms with van der Waals surface area (Å²) in [5.41, 5.74) is -0.365. The summed E-state index contributed by atoms with van der Waals surface area (Å²) in [6, 6.07) is 2.91. The van der Waals surface area contributed by atoms with Gasteiger partial charge >= 0.3 is 0 Å². The Labute approximate surface area is 144 Å². The van der Waals surface area contributed by atoms with E-state index in [1.165, 1.54) is 36.0 Å². The second-order valence-electron chi connectivity index (χ2n) is 5.24. The molecule has 3 rings (SSSR count). The molecule has 2 amide bonds. The fourth-order valence-corrected chi connectivity index (χ4v) is 3.22. The molecule has 10 heteroatoms. The molecule has 0 radical (unpaired) electrons. The molecule has 1 aromatic carbocycles. The standard InChI is InChI=1S/C15H12F2N4O3S/c1-20-13(23)7-25-11-5-18-21(15(24)14(11)20)6-12(22)19-8-2-3-9(16)10(17)4-8/h2-5H,6-7H2,1H3,(H,19,22). The zero-order valence-corrected chi connectivity index (χ0v) is 13.8. The van der Waals surface area contributed by atoms with Gasteiger partial charge in [0, 0.05) is 18.8 Å². The van der Waals surface area contributed by atoms with Crippen molar-refractivity contribution in [2.75, 3.05) is 23.0 Å². The maximum atomic E-state index is 13.2. The second kappa shape index (κ2) is 6.63. The van der Waals surface area contributed by atoms with Gasteiger partial charge in [0.05, 0.1) is 16.8 Å². The summed E-state index contributed by atoms with van der Waals surface area (Å²) in [6.45, 7) is -0.433. The lowest BCUT2D eigenvalue weighted by Crippen LogP contribution is -2.40. The number of rotatable bonds is 3. The van der Waals surface area contributed by atoms with Crippen molar-refractivity contribution in [2.24, 2.45) is 0 Å². The molecule has 0 fully saturated rings. The van der Waals surface area contributed by atoms with Gasteiger partial charge in [-0.2, -0.15) is 5.10 Å². The van der Waals surface area contributed by atoms with Gasteiger partial charge in [0.2, 0.25) is 11.8 Å². The smallest absolute Gasteiger partial charge is 0.292 e. The first-order valence-electron chi connectivity index (χ1n) is 7.11. The summed E-state index contributed by atoms with van der Waals surface area (Å²) in [5, 5.41) is 6.27. The van der Waals surface area contributed by atoms with Gasteiger partial charge in [-0.25, -0.2) is 13.5 Å². The summed E-state index contributed by atoms with van der Waals surface area (Å²) >= 11 is 1.20. The molecule has 130 valence electrons. The summed E-state index contributed by atoms with van der Waals surface area (Å²) in [5.74, 6) is -2.78. The summed E-state index contributed by atoms with van der Waals surface area (Å²) in [6.07, 6.45) is 1.41. The van der Waals surface area contributed by atoms with E-state index in [4.69, 9.17) is 0 Å². The van der Waals surface area contributed by atoms with Crippen LogP contribution < -0.4 is 15.8 Å². The lowest BCUT2D eigenvalue weighted by Gasteiger charge is -2.24. The van der Waals surface area contributed by atoms with E-state index in [1.807, 2.05) is 0 Å². The zero-order chi connectivity index (χ0) is 18.1. The number of thioether (sulfide) groups is 1. The predicted molar refractivity (Wildman–Crippen MR) is 87.6 cm³/mol. The number of benzene rings is 1. The first-order valence-corrected chi connectivity index (χ1v) is 8.10. The van der Waals surface area contributed by atoms with Crippen LogP contribution in [-0.4, -0.2) is 34.4 Å². The van der Waals surface area contributed by atoms with Crippen LogP contribution in [0.3, 0.4) is 0 Å². The molecule has 0 bridgehead atoms. The number of nitrogens with one attached hydrogen (secondary N) is 1. The van der Waals surface area contributed by atoms with Crippen molar-refractivity contribution < 1.29 is 18.4 Å². The molecule has 1 aliphatic rings. The number of fused-ring (bicyclic) bond motifs is 1. The molecule has 1 N–H and O–H groups in total. The number of anilines is 2. The van der Waals surface area contributed by atoms with Crippen molar-refractivity contribution in [2.45, 2.75) is 11.4 Å². The lowest BCUT2D eigenvalue weighted by atomic mass is 10.3. The van der Waals surface area contributed by atoms with Crippen LogP contribution in [0.4, 0.5) is 20.2 Å². The second-order valence-corrected chi connectivity index (χ2v) is 6.26. The van der Waals surface area contributed by atoms with Crippen molar-refractivity contribution in [3.8, 4) is 0 Å². The number of hydrogen-bond acceptors (Lipinski definition) is 5. The molecule has 0 spiro atoms. The van der Waals surface area contributed by atoms with E-state index in [-0.39, 0.29) is 23.0 Å². The monoisotopic (exact) mass is 366 g/mol. The quantitative estimate of drug-likeness (QED) is 0.883. The maximum absolute atomic E-state index is 13.2. The Morgan fingerprint density at radius 2 is 2.08 bits per heavy atom. The van der Waals surface area contributed by atoms with Crippen molar-refractivity contribution in [1.82, 2.24) is 9.78 Å². The van der Waals surface area contributed by atoms with E-state index in [2.05, 4.69) is 10.4 Å². The summed E-state index contributed by atoms with van der Waals surface area (Å²) < 4.78 is 26.9. The maximum Gasteiger partial charge on any atom is 0.292 e. The van der Waals surface area contributed by atoms with E-state index >= 15 is 0 Å². The number of carbonyl (C=O) groups is 2. The van der Waals surface area contributed by atoms with E-state index in [0.717, 1.165) is 16.8 Å². The van der Waals surface area contributed by atoms with Crippen molar-refractivity contribution in [3.05, 3.63) is 46.4 Å². The predicted octanol–water partition coefficient (Wildman–Crippen LogP) is 1.23. The molecule has 2 heterocycles. The molecule has 25 heavy (non-hydrogen) atoms. The van der Waals surface area contributed by atoms with E-state index in [0.29, 0.717) is 4.90 Å². The van der Waals surface area contributed by atoms with E-state index in [9.17, 15) is 23.2 Å². The van der Waals surface area contributed by atoms with Crippen LogP contribution in [0.2, 0.25) is 0 Å². The van der Waals surface area contributed by atoms with Crippen molar-refractivity contribution in [1.29, 1.82) is 0 Å². The summed E-state index contributed by atoms with van der Waals surface area (Å²) in [4.78, 5) is 38.0. The average Bonchev–Trinajstić information content (AvgIpc) is 2.57. The SMILES string of the molecule is CN1C(=O)CSc2cnn(CC(=O)Nc3ccc(F)c(F)c3)c(=O)c21. The van der Waals surface area contributed by atoms with Crippen LogP contribution in [-0.2, 0) is 16.1 Å². The molecule has 2 aromatic rings. The Morgan fingerprint density at radius 1 is 1.32 bits per heavy atom. The molecule has 0 unspecified atom stereocenters. The van der Waals surface area contributed by atoms with E-state index in [1.54, 1.807) is 0 Å². The first kappa shape index (κ1) is 17.1. The van der Waals surface area contributed by atoms with Crippen LogP contribution in [0.25, 0.3) is 0 Å². The van der Waals surface area contributed by atoms with Gasteiger partial charge < -0.3 is 10.2 Å². The zero-order valence-electron chi connectivity index (χ0n) is 13.0. The van der Waals surface area contributed by atoms with Crippen LogP contribution in [0, 0.1) is 11.6 Å². The Balaban J connectivity index is 1.81. The number of halogens is 2. The van der Waals surface area contributed by atoms with Gasteiger partial charge in [-0.05, 0) is 12.1 Å². The van der Waals surface area contributed by atoms with E-state index < -0.39 is 29.6 Å². The molecular formula is C15H12F2N4O3S. The van der Waals surface area contributed by atoms with Crippen LogP contribution >= 0.6 is 11.8 Å². The van der Waals surface area contributed by atoms with Crippen LogP contribution in [0.15, 0.2) is 34.1 Å². The Kier molecular flexibility index (Phi) is 4.53. The third-order valence-electron chi connectivity index (χ3n) is 3.54. The van der Waals surface area contributed by atoms with Crippen LogP contribution in [0.1, 0.15) is 0 Å². The normalized spacial score (nSPS) is 13.6. The third kappa shape index (κ3) is 3.38. The minimum absolute atomic E-state index is 0.0535. The molecule has 0 atom stereocenters. The molecule has 0 saturated carbocycles. The molecular weight excluding hydrogens is 354 g/mol. The Morgan fingerprint density at radius 3 is 2.80 bits per heavy atom. The minimum atomic E-state index is -1.10. The topological polar surface area (TPSA) is 84.3 Å². The Bertz CT molecular complexity index is 931. The number of amides is 2. The van der Waals surface area contributed by atoms with Gasteiger partial charge in [0.15, 0.2) is 11.6 Å². The molecule has 0 saturated heterocycles. The van der Waals surface area contributed by atoms with Crippen molar-refractivity contribution in [3.63, 3.8) is 0 Å². The molecule has 7 nitrogen and oxygen atoms in total. The highest BCUT2D eigenvalue weighted by Gasteiger charge is 2.26. The van der Waals surface area contributed by atoms with Gasteiger partial charge in [-0.3, -0.25) is 14.4 Å². The highest BCUT2D eigenvalue weighted by molar-refractivity contribution is 8.00. The fraction of sp³-hybridized carbons (Fsp3) is 0.200. The Hall–Kier alpha value is -2.75. The summed E-state index contributed by atoms with van der Waals surface area (Å²) in [7, 11) is 1.48. The highest BCUT2D eigenvalue weighted by atomic mass is 32.2. The van der Waals surface area contributed by atoms with Crippen molar-refractivity contribution >= 4 is 35.0 Å². The largest absolute Gasteiger partial charge is 0.324 e. The highest BCUT2D eigenvalue weighted by Crippen LogP contribution is 2.30. The fourth-order valence-electron chi connectivity index (χ4n) is 2.26. The minimum Gasteiger partial charge on any atom is -0.324 e.